The SMILES string of the molecule is CC(CO)CC(C)(C)[N+](=O)[O-]. The van der Waals surface area contributed by atoms with Gasteiger partial charge in [0, 0.05) is 31.8 Å². The molecule has 1 N–H and O–H groups in total. The third kappa shape index (κ3) is 3.32. The van der Waals surface area contributed by atoms with Gasteiger partial charge in [0.15, 0.2) is 0 Å². The maximum atomic E-state index is 10.4. The Bertz CT molecular complexity index is 145. The van der Waals surface area contributed by atoms with Crippen LogP contribution in [0.25, 0.3) is 0 Å². The molecule has 1 unspecified atom stereocenters. The zero-order valence-corrected chi connectivity index (χ0v) is 7.20. The first-order chi connectivity index (χ1) is 4.90. The second kappa shape index (κ2) is 3.67. The van der Waals surface area contributed by atoms with Crippen molar-refractivity contribution in [2.75, 3.05) is 6.61 Å². The molecule has 0 aliphatic rings. The summed E-state index contributed by atoms with van der Waals surface area (Å²) in [5.41, 5.74) is -0.915. The fraction of sp³-hybridized carbons (Fsp3) is 1.00. The summed E-state index contributed by atoms with van der Waals surface area (Å²) >= 11 is 0. The van der Waals surface area contributed by atoms with E-state index >= 15 is 0 Å². The van der Waals surface area contributed by atoms with Gasteiger partial charge in [-0.25, -0.2) is 0 Å². The number of nitrogens with zero attached hydrogens (tertiary/aromatic N) is 1. The maximum Gasteiger partial charge on any atom is 0.217 e. The van der Waals surface area contributed by atoms with Gasteiger partial charge in [0.25, 0.3) is 0 Å². The molecule has 4 nitrogen and oxygen atoms in total. The Morgan fingerprint density at radius 3 is 2.36 bits per heavy atom. The molecule has 0 spiro atoms. The highest BCUT2D eigenvalue weighted by atomic mass is 16.6. The Morgan fingerprint density at radius 2 is 2.09 bits per heavy atom. The van der Waals surface area contributed by atoms with Gasteiger partial charge < -0.3 is 5.11 Å². The van der Waals surface area contributed by atoms with Gasteiger partial charge in [-0.15, -0.1) is 0 Å². The van der Waals surface area contributed by atoms with E-state index in [1.807, 2.05) is 0 Å². The van der Waals surface area contributed by atoms with E-state index in [2.05, 4.69) is 0 Å². The molecule has 0 rings (SSSR count). The van der Waals surface area contributed by atoms with Gasteiger partial charge in [0.05, 0.1) is 0 Å². The first kappa shape index (κ1) is 10.4. The van der Waals surface area contributed by atoms with Crippen LogP contribution in [0.1, 0.15) is 27.2 Å². The van der Waals surface area contributed by atoms with Crippen LogP contribution in [0.4, 0.5) is 0 Å². The monoisotopic (exact) mass is 161 g/mol. The standard InChI is InChI=1S/C7H15NO3/c1-6(5-9)4-7(2,3)8(10)11/h6,9H,4-5H2,1-3H3. The van der Waals surface area contributed by atoms with Gasteiger partial charge in [0.1, 0.15) is 0 Å². The zero-order chi connectivity index (χ0) is 9.07. The predicted molar refractivity (Wildman–Crippen MR) is 41.9 cm³/mol. The first-order valence-corrected chi connectivity index (χ1v) is 3.65. The molecule has 0 fully saturated rings. The van der Waals surface area contributed by atoms with E-state index in [1.165, 1.54) is 0 Å². The molecule has 0 saturated heterocycles. The average Bonchev–Trinajstić information content (AvgIpc) is 1.86. The van der Waals surface area contributed by atoms with Crippen molar-refractivity contribution < 1.29 is 10.0 Å². The van der Waals surface area contributed by atoms with Gasteiger partial charge in [0.2, 0.25) is 5.54 Å². The van der Waals surface area contributed by atoms with E-state index in [0.717, 1.165) is 0 Å². The predicted octanol–water partition coefficient (Wildman–Crippen LogP) is 1.06. The van der Waals surface area contributed by atoms with Gasteiger partial charge in [-0.3, -0.25) is 10.1 Å². The van der Waals surface area contributed by atoms with Crippen LogP contribution in [-0.4, -0.2) is 22.2 Å². The summed E-state index contributed by atoms with van der Waals surface area (Å²) in [6.45, 7) is 4.95. The molecule has 0 aromatic carbocycles. The number of rotatable bonds is 4. The first-order valence-electron chi connectivity index (χ1n) is 3.65. The second-order valence-electron chi connectivity index (χ2n) is 3.56. The Morgan fingerprint density at radius 1 is 1.64 bits per heavy atom. The number of nitro groups is 1. The molecule has 0 saturated carbocycles. The van der Waals surface area contributed by atoms with Gasteiger partial charge in [-0.2, -0.15) is 0 Å². The third-order valence-electron chi connectivity index (χ3n) is 1.65. The Hall–Kier alpha value is -0.640. The van der Waals surface area contributed by atoms with Crippen molar-refractivity contribution in [2.24, 2.45) is 5.92 Å². The lowest BCUT2D eigenvalue weighted by Crippen LogP contribution is -2.33. The maximum absolute atomic E-state index is 10.4. The fourth-order valence-corrected chi connectivity index (χ4v) is 0.992. The Kier molecular flexibility index (Phi) is 3.45. The minimum Gasteiger partial charge on any atom is -0.396 e. The van der Waals surface area contributed by atoms with E-state index in [4.69, 9.17) is 5.11 Å². The van der Waals surface area contributed by atoms with Crippen molar-refractivity contribution in [3.05, 3.63) is 10.1 Å². The fourth-order valence-electron chi connectivity index (χ4n) is 0.992. The number of hydrogen-bond acceptors (Lipinski definition) is 3. The highest BCUT2D eigenvalue weighted by Crippen LogP contribution is 2.18. The summed E-state index contributed by atoms with van der Waals surface area (Å²) in [6, 6.07) is 0. The summed E-state index contributed by atoms with van der Waals surface area (Å²) in [6.07, 6.45) is 0.413. The smallest absolute Gasteiger partial charge is 0.217 e. The van der Waals surface area contributed by atoms with E-state index in [-0.39, 0.29) is 17.4 Å². The van der Waals surface area contributed by atoms with Crippen molar-refractivity contribution in [1.82, 2.24) is 0 Å². The van der Waals surface area contributed by atoms with Crippen LogP contribution >= 0.6 is 0 Å². The molecule has 0 heterocycles. The minimum absolute atomic E-state index is 0.00426. The molecule has 0 aliphatic heterocycles. The summed E-state index contributed by atoms with van der Waals surface area (Å²) in [7, 11) is 0. The summed E-state index contributed by atoms with van der Waals surface area (Å²) in [5, 5.41) is 19.1. The normalized spacial score (nSPS) is 14.5. The number of hydrogen-bond donors (Lipinski definition) is 1. The summed E-state index contributed by atoms with van der Waals surface area (Å²) in [4.78, 5) is 10.1. The summed E-state index contributed by atoms with van der Waals surface area (Å²) in [5.74, 6) is -0.00426. The highest BCUT2D eigenvalue weighted by molar-refractivity contribution is 4.69. The van der Waals surface area contributed by atoms with E-state index < -0.39 is 5.54 Å². The van der Waals surface area contributed by atoms with E-state index in [9.17, 15) is 10.1 Å². The van der Waals surface area contributed by atoms with Crippen LogP contribution in [0.2, 0.25) is 0 Å². The van der Waals surface area contributed by atoms with Crippen molar-refractivity contribution in [3.63, 3.8) is 0 Å². The molecule has 0 aliphatic carbocycles. The number of aliphatic hydroxyl groups excluding tert-OH is 1. The molecule has 0 amide bonds. The van der Waals surface area contributed by atoms with Crippen LogP contribution < -0.4 is 0 Å². The van der Waals surface area contributed by atoms with Gasteiger partial charge in [-0.05, 0) is 5.92 Å². The molecule has 0 aromatic heterocycles. The van der Waals surface area contributed by atoms with Crippen LogP contribution in [-0.2, 0) is 0 Å². The van der Waals surface area contributed by atoms with E-state index in [1.54, 1.807) is 20.8 Å². The van der Waals surface area contributed by atoms with Crippen molar-refractivity contribution in [2.45, 2.75) is 32.7 Å². The third-order valence-corrected chi connectivity index (χ3v) is 1.65. The zero-order valence-electron chi connectivity index (χ0n) is 7.20. The quantitative estimate of drug-likeness (QED) is 0.495. The largest absolute Gasteiger partial charge is 0.396 e. The second-order valence-corrected chi connectivity index (χ2v) is 3.56. The molecule has 4 heteroatoms. The number of aliphatic hydroxyl groups is 1. The van der Waals surface area contributed by atoms with Gasteiger partial charge in [-0.1, -0.05) is 6.92 Å². The minimum atomic E-state index is -0.915. The van der Waals surface area contributed by atoms with Crippen molar-refractivity contribution in [3.8, 4) is 0 Å². The van der Waals surface area contributed by atoms with Gasteiger partial charge >= 0.3 is 0 Å². The van der Waals surface area contributed by atoms with E-state index in [0.29, 0.717) is 6.42 Å². The van der Waals surface area contributed by atoms with Crippen molar-refractivity contribution >= 4 is 0 Å². The van der Waals surface area contributed by atoms with Crippen LogP contribution in [0.3, 0.4) is 0 Å². The lowest BCUT2D eigenvalue weighted by molar-refractivity contribution is -0.563. The molecular weight excluding hydrogens is 146 g/mol. The molecule has 11 heavy (non-hydrogen) atoms. The molecule has 0 aromatic rings. The lowest BCUT2D eigenvalue weighted by atomic mass is 9.93. The highest BCUT2D eigenvalue weighted by Gasteiger charge is 2.32. The summed E-state index contributed by atoms with van der Waals surface area (Å²) < 4.78 is 0. The molecule has 0 bridgehead atoms. The molecule has 0 radical (unpaired) electrons. The Balaban J connectivity index is 4.01. The van der Waals surface area contributed by atoms with Crippen LogP contribution in [0, 0.1) is 16.0 Å². The average molecular weight is 161 g/mol. The molecule has 66 valence electrons. The van der Waals surface area contributed by atoms with Crippen LogP contribution in [0.15, 0.2) is 0 Å². The van der Waals surface area contributed by atoms with Crippen LogP contribution in [0.5, 0.6) is 0 Å². The molecule has 1 atom stereocenters. The lowest BCUT2D eigenvalue weighted by Gasteiger charge is -2.18. The molecular formula is C7H15NO3. The van der Waals surface area contributed by atoms with Crippen molar-refractivity contribution in [1.29, 1.82) is 0 Å². The Labute approximate surface area is 66.4 Å². The topological polar surface area (TPSA) is 63.4 Å².